The Bertz CT molecular complexity index is 655. The maximum absolute atomic E-state index is 12.0. The van der Waals surface area contributed by atoms with E-state index in [0.29, 0.717) is 12.0 Å². The van der Waals surface area contributed by atoms with Gasteiger partial charge >= 0.3 is 0 Å². The van der Waals surface area contributed by atoms with Crippen LogP contribution in [0, 0.1) is 6.92 Å². The number of carbonyl (C=O) groups is 1. The van der Waals surface area contributed by atoms with Crippen molar-refractivity contribution in [2.45, 2.75) is 33.1 Å². The summed E-state index contributed by atoms with van der Waals surface area (Å²) in [6.07, 6.45) is 0.591. The van der Waals surface area contributed by atoms with Gasteiger partial charge in [0.2, 0.25) is 0 Å². The van der Waals surface area contributed by atoms with Gasteiger partial charge < -0.3 is 0 Å². The lowest BCUT2D eigenvalue weighted by Crippen LogP contribution is -2.17. The zero-order valence-corrected chi connectivity index (χ0v) is 11.7. The molecule has 1 aromatic heterocycles. The molecule has 19 heavy (non-hydrogen) atoms. The highest BCUT2D eigenvalue weighted by molar-refractivity contribution is 5.75. The summed E-state index contributed by atoms with van der Waals surface area (Å²) in [6, 6.07) is 7.76. The SMILES string of the molecule is Cc1[nH]n(-c2ccc(C(C)(C)C)cc2)c(=O)c1C=O. The van der Waals surface area contributed by atoms with Gasteiger partial charge in [0.1, 0.15) is 5.56 Å². The standard InChI is InChI=1S/C15H18N2O2/c1-10-13(9-18)14(19)17(16-10)12-7-5-11(6-8-12)15(2,3)4/h5-9,16H,1-4H3. The van der Waals surface area contributed by atoms with Crippen LogP contribution in [0.4, 0.5) is 0 Å². The molecule has 4 heteroatoms. The molecule has 0 saturated heterocycles. The third kappa shape index (κ3) is 2.38. The number of aldehydes is 1. The van der Waals surface area contributed by atoms with Gasteiger partial charge in [-0.15, -0.1) is 0 Å². The fourth-order valence-electron chi connectivity index (χ4n) is 1.99. The van der Waals surface area contributed by atoms with Crippen LogP contribution in [-0.2, 0) is 5.41 Å². The van der Waals surface area contributed by atoms with Crippen LogP contribution in [0.25, 0.3) is 5.69 Å². The molecule has 0 aliphatic carbocycles. The zero-order valence-electron chi connectivity index (χ0n) is 11.7. The Kier molecular flexibility index (Phi) is 3.18. The van der Waals surface area contributed by atoms with Crippen molar-refractivity contribution < 1.29 is 4.79 Å². The Morgan fingerprint density at radius 1 is 1.16 bits per heavy atom. The molecular weight excluding hydrogens is 240 g/mol. The van der Waals surface area contributed by atoms with E-state index in [0.717, 1.165) is 5.69 Å². The van der Waals surface area contributed by atoms with E-state index in [2.05, 4.69) is 25.9 Å². The average Bonchev–Trinajstić information content (AvgIpc) is 2.63. The van der Waals surface area contributed by atoms with Gasteiger partial charge in [0.25, 0.3) is 5.56 Å². The third-order valence-corrected chi connectivity index (χ3v) is 3.23. The molecule has 0 fully saturated rings. The number of rotatable bonds is 2. The lowest BCUT2D eigenvalue weighted by molar-refractivity contribution is 0.112. The molecule has 0 bridgehead atoms. The fraction of sp³-hybridized carbons (Fsp3) is 0.333. The summed E-state index contributed by atoms with van der Waals surface area (Å²) in [7, 11) is 0. The van der Waals surface area contributed by atoms with Crippen LogP contribution < -0.4 is 5.56 Å². The number of aryl methyl sites for hydroxylation is 1. The maximum Gasteiger partial charge on any atom is 0.282 e. The summed E-state index contributed by atoms with van der Waals surface area (Å²) in [6.45, 7) is 8.12. The highest BCUT2D eigenvalue weighted by Crippen LogP contribution is 2.22. The molecule has 1 aromatic carbocycles. The van der Waals surface area contributed by atoms with Gasteiger partial charge in [-0.2, -0.15) is 0 Å². The first-order chi connectivity index (χ1) is 8.84. The lowest BCUT2D eigenvalue weighted by Gasteiger charge is -2.19. The van der Waals surface area contributed by atoms with Crippen LogP contribution in [0.3, 0.4) is 0 Å². The fourth-order valence-corrected chi connectivity index (χ4v) is 1.99. The van der Waals surface area contributed by atoms with E-state index in [9.17, 15) is 9.59 Å². The molecule has 0 amide bonds. The van der Waals surface area contributed by atoms with Crippen molar-refractivity contribution in [3.8, 4) is 5.69 Å². The van der Waals surface area contributed by atoms with Crippen molar-refractivity contribution in [3.63, 3.8) is 0 Å². The number of nitrogens with one attached hydrogen (secondary N) is 1. The monoisotopic (exact) mass is 258 g/mol. The number of aromatic amines is 1. The van der Waals surface area contributed by atoms with Crippen molar-refractivity contribution in [2.75, 3.05) is 0 Å². The van der Waals surface area contributed by atoms with Crippen molar-refractivity contribution >= 4 is 6.29 Å². The molecule has 0 unspecified atom stereocenters. The molecule has 4 nitrogen and oxygen atoms in total. The Morgan fingerprint density at radius 3 is 2.16 bits per heavy atom. The lowest BCUT2D eigenvalue weighted by atomic mass is 9.87. The molecule has 0 atom stereocenters. The number of aromatic nitrogens is 2. The van der Waals surface area contributed by atoms with Crippen LogP contribution in [0.5, 0.6) is 0 Å². The second kappa shape index (κ2) is 4.53. The Balaban J connectivity index is 2.49. The second-order valence-corrected chi connectivity index (χ2v) is 5.71. The Hall–Kier alpha value is -2.10. The summed E-state index contributed by atoms with van der Waals surface area (Å²) < 4.78 is 1.39. The number of benzene rings is 1. The maximum atomic E-state index is 12.0. The first-order valence-corrected chi connectivity index (χ1v) is 6.22. The minimum Gasteiger partial charge on any atom is -0.298 e. The Labute approximate surface area is 112 Å². The van der Waals surface area contributed by atoms with Crippen molar-refractivity contribution in [1.29, 1.82) is 0 Å². The van der Waals surface area contributed by atoms with Crippen LogP contribution in [-0.4, -0.2) is 16.1 Å². The van der Waals surface area contributed by atoms with Gasteiger partial charge in [-0.3, -0.25) is 14.7 Å². The number of hydrogen-bond acceptors (Lipinski definition) is 2. The van der Waals surface area contributed by atoms with E-state index in [1.165, 1.54) is 10.2 Å². The van der Waals surface area contributed by atoms with Crippen molar-refractivity contribution in [1.82, 2.24) is 9.78 Å². The predicted molar refractivity (Wildman–Crippen MR) is 75.2 cm³/mol. The summed E-state index contributed by atoms with van der Waals surface area (Å²) in [5, 5.41) is 2.91. The first kappa shape index (κ1) is 13.3. The summed E-state index contributed by atoms with van der Waals surface area (Å²) in [5.41, 5.74) is 2.46. The van der Waals surface area contributed by atoms with Gasteiger partial charge in [-0.05, 0) is 30.0 Å². The smallest absolute Gasteiger partial charge is 0.282 e. The Morgan fingerprint density at radius 2 is 1.74 bits per heavy atom. The summed E-state index contributed by atoms with van der Waals surface area (Å²) in [4.78, 5) is 22.8. The number of hydrogen-bond donors (Lipinski definition) is 1. The van der Waals surface area contributed by atoms with Crippen molar-refractivity contribution in [2.24, 2.45) is 0 Å². The third-order valence-electron chi connectivity index (χ3n) is 3.23. The van der Waals surface area contributed by atoms with Gasteiger partial charge in [0.05, 0.1) is 5.69 Å². The van der Waals surface area contributed by atoms with Gasteiger partial charge in [-0.1, -0.05) is 32.9 Å². The normalized spacial score (nSPS) is 11.6. The van der Waals surface area contributed by atoms with Crippen LogP contribution in [0.1, 0.15) is 42.4 Å². The highest BCUT2D eigenvalue weighted by atomic mass is 16.1. The molecule has 2 rings (SSSR count). The molecule has 0 aliphatic heterocycles. The highest BCUT2D eigenvalue weighted by Gasteiger charge is 2.15. The molecular formula is C15H18N2O2. The van der Waals surface area contributed by atoms with E-state index in [4.69, 9.17) is 0 Å². The minimum atomic E-state index is -0.309. The molecule has 1 heterocycles. The summed E-state index contributed by atoms with van der Waals surface area (Å²) in [5.74, 6) is 0. The number of carbonyl (C=O) groups excluding carboxylic acids is 1. The van der Waals surface area contributed by atoms with E-state index >= 15 is 0 Å². The van der Waals surface area contributed by atoms with E-state index in [1.54, 1.807) is 6.92 Å². The van der Waals surface area contributed by atoms with Crippen molar-refractivity contribution in [3.05, 3.63) is 51.4 Å². The molecule has 0 spiro atoms. The van der Waals surface area contributed by atoms with E-state index in [-0.39, 0.29) is 16.5 Å². The van der Waals surface area contributed by atoms with Crippen LogP contribution >= 0.6 is 0 Å². The average molecular weight is 258 g/mol. The second-order valence-electron chi connectivity index (χ2n) is 5.71. The molecule has 100 valence electrons. The van der Waals surface area contributed by atoms with Crippen LogP contribution in [0.15, 0.2) is 29.1 Å². The first-order valence-electron chi connectivity index (χ1n) is 6.22. The van der Waals surface area contributed by atoms with Gasteiger partial charge in [0, 0.05) is 5.69 Å². The number of nitrogens with zero attached hydrogens (tertiary/aromatic N) is 1. The quantitative estimate of drug-likeness (QED) is 0.842. The molecule has 2 aromatic rings. The van der Waals surface area contributed by atoms with Gasteiger partial charge in [-0.25, -0.2) is 4.68 Å². The van der Waals surface area contributed by atoms with E-state index < -0.39 is 0 Å². The zero-order chi connectivity index (χ0) is 14.2. The minimum absolute atomic E-state index is 0.0725. The molecule has 0 aliphatic rings. The largest absolute Gasteiger partial charge is 0.298 e. The molecule has 1 N–H and O–H groups in total. The number of H-pyrrole nitrogens is 1. The topological polar surface area (TPSA) is 54.9 Å². The summed E-state index contributed by atoms with van der Waals surface area (Å²) >= 11 is 0. The molecule has 0 saturated carbocycles. The van der Waals surface area contributed by atoms with Crippen LogP contribution in [0.2, 0.25) is 0 Å². The van der Waals surface area contributed by atoms with Gasteiger partial charge in [0.15, 0.2) is 6.29 Å². The predicted octanol–water partition coefficient (Wildman–Crippen LogP) is 2.58. The van der Waals surface area contributed by atoms with E-state index in [1.807, 2.05) is 24.3 Å². The molecule has 0 radical (unpaired) electrons.